The predicted octanol–water partition coefficient (Wildman–Crippen LogP) is 1.42. The highest BCUT2D eigenvalue weighted by Gasteiger charge is 2.48. The van der Waals surface area contributed by atoms with Crippen molar-refractivity contribution in [3.8, 4) is 0 Å². The first-order valence-electron chi connectivity index (χ1n) is 7.90. The van der Waals surface area contributed by atoms with Crippen LogP contribution >= 0.6 is 0 Å². The second-order valence-corrected chi connectivity index (χ2v) is 7.97. The molecule has 3 rings (SSSR count). The standard InChI is InChI=1S/C16H24N2O3S/c1-3-17-11-14-15(12-17)18(10-9-16(14)21-2)22(19,20)13-7-5-4-6-8-13/h4-8,14-16H,3,9-12H2,1-2H3/t14-,15+,16-/m1/s1. The minimum atomic E-state index is -3.43. The third-order valence-corrected chi connectivity index (χ3v) is 6.93. The molecule has 0 bridgehead atoms. The Kier molecular flexibility index (Phi) is 4.54. The minimum absolute atomic E-state index is 0.0175. The number of methoxy groups -OCH3 is 1. The summed E-state index contributed by atoms with van der Waals surface area (Å²) < 4.78 is 33.3. The molecule has 0 N–H and O–H groups in total. The highest BCUT2D eigenvalue weighted by Crippen LogP contribution is 2.35. The van der Waals surface area contributed by atoms with E-state index in [1.54, 1.807) is 35.7 Å². The van der Waals surface area contributed by atoms with Gasteiger partial charge >= 0.3 is 0 Å². The molecule has 2 saturated heterocycles. The summed E-state index contributed by atoms with van der Waals surface area (Å²) in [5.74, 6) is 0.261. The molecule has 6 heteroatoms. The number of likely N-dealkylation sites (N-methyl/N-ethyl adjacent to an activating group) is 1. The zero-order valence-electron chi connectivity index (χ0n) is 13.2. The van der Waals surface area contributed by atoms with E-state index >= 15 is 0 Å². The minimum Gasteiger partial charge on any atom is -0.381 e. The van der Waals surface area contributed by atoms with Crippen LogP contribution in [0.2, 0.25) is 0 Å². The molecule has 3 atom stereocenters. The largest absolute Gasteiger partial charge is 0.381 e. The van der Waals surface area contributed by atoms with Gasteiger partial charge in [0.25, 0.3) is 0 Å². The van der Waals surface area contributed by atoms with Crippen molar-refractivity contribution >= 4 is 10.0 Å². The van der Waals surface area contributed by atoms with Gasteiger partial charge in [0.15, 0.2) is 0 Å². The molecule has 22 heavy (non-hydrogen) atoms. The van der Waals surface area contributed by atoms with E-state index in [9.17, 15) is 8.42 Å². The number of ether oxygens (including phenoxy) is 1. The fourth-order valence-electron chi connectivity index (χ4n) is 3.78. The molecule has 2 aliphatic rings. The molecule has 0 unspecified atom stereocenters. The Morgan fingerprint density at radius 1 is 1.23 bits per heavy atom. The van der Waals surface area contributed by atoms with E-state index in [4.69, 9.17) is 4.74 Å². The molecular weight excluding hydrogens is 300 g/mol. The maximum atomic E-state index is 13.0. The number of hydrogen-bond acceptors (Lipinski definition) is 4. The maximum absolute atomic E-state index is 13.0. The Bertz CT molecular complexity index is 605. The summed E-state index contributed by atoms with van der Waals surface area (Å²) in [7, 11) is -1.69. The Labute approximate surface area is 132 Å². The molecule has 0 spiro atoms. The van der Waals surface area contributed by atoms with Crippen LogP contribution in [-0.4, -0.2) is 63.1 Å². The van der Waals surface area contributed by atoms with Gasteiger partial charge < -0.3 is 9.64 Å². The number of piperidine rings is 1. The lowest BCUT2D eigenvalue weighted by Crippen LogP contribution is -2.53. The summed E-state index contributed by atoms with van der Waals surface area (Å²) >= 11 is 0. The first kappa shape index (κ1) is 15.9. The van der Waals surface area contributed by atoms with Crippen LogP contribution in [0.4, 0.5) is 0 Å². The van der Waals surface area contributed by atoms with Crippen molar-refractivity contribution < 1.29 is 13.2 Å². The Morgan fingerprint density at radius 3 is 2.59 bits per heavy atom. The van der Waals surface area contributed by atoms with Crippen LogP contribution in [-0.2, 0) is 14.8 Å². The number of likely N-dealkylation sites (tertiary alicyclic amines) is 1. The molecule has 5 nitrogen and oxygen atoms in total. The van der Waals surface area contributed by atoms with Gasteiger partial charge in [0.1, 0.15) is 0 Å². The van der Waals surface area contributed by atoms with Crippen molar-refractivity contribution in [2.24, 2.45) is 5.92 Å². The first-order chi connectivity index (χ1) is 10.6. The molecular formula is C16H24N2O3S. The summed E-state index contributed by atoms with van der Waals surface area (Å²) in [5, 5.41) is 0. The van der Waals surface area contributed by atoms with Crippen LogP contribution in [0, 0.1) is 5.92 Å². The molecule has 0 radical (unpaired) electrons. The lowest BCUT2D eigenvalue weighted by molar-refractivity contribution is 0.00239. The highest BCUT2D eigenvalue weighted by atomic mass is 32.2. The smallest absolute Gasteiger partial charge is 0.243 e. The zero-order chi connectivity index (χ0) is 15.7. The molecule has 1 aromatic carbocycles. The Morgan fingerprint density at radius 2 is 1.95 bits per heavy atom. The van der Waals surface area contributed by atoms with Gasteiger partial charge in [0.2, 0.25) is 10.0 Å². The van der Waals surface area contributed by atoms with Crippen molar-refractivity contribution in [1.29, 1.82) is 0 Å². The van der Waals surface area contributed by atoms with Crippen LogP contribution in [0.25, 0.3) is 0 Å². The third kappa shape index (κ3) is 2.69. The van der Waals surface area contributed by atoms with Gasteiger partial charge in [-0.1, -0.05) is 25.1 Å². The molecule has 122 valence electrons. The van der Waals surface area contributed by atoms with E-state index in [2.05, 4.69) is 11.8 Å². The molecule has 2 aliphatic heterocycles. The summed E-state index contributed by atoms with van der Waals surface area (Å²) in [5.41, 5.74) is 0. The molecule has 0 saturated carbocycles. The molecule has 2 fully saturated rings. The monoisotopic (exact) mass is 324 g/mol. The van der Waals surface area contributed by atoms with Gasteiger partial charge in [-0.25, -0.2) is 8.42 Å². The number of hydrogen-bond donors (Lipinski definition) is 0. The average Bonchev–Trinajstić information content (AvgIpc) is 2.98. The van der Waals surface area contributed by atoms with Crippen molar-refractivity contribution in [2.75, 3.05) is 33.3 Å². The second-order valence-electron chi connectivity index (χ2n) is 6.08. The molecule has 0 aromatic heterocycles. The number of benzene rings is 1. The fraction of sp³-hybridized carbons (Fsp3) is 0.625. The lowest BCUT2D eigenvalue weighted by atomic mass is 9.91. The van der Waals surface area contributed by atoms with Crippen LogP contribution in [0.15, 0.2) is 35.2 Å². The van der Waals surface area contributed by atoms with Crippen LogP contribution < -0.4 is 0 Å². The van der Waals surface area contributed by atoms with Gasteiger partial charge in [-0.3, -0.25) is 0 Å². The van der Waals surface area contributed by atoms with Gasteiger partial charge in [-0.15, -0.1) is 0 Å². The number of rotatable bonds is 4. The SMILES string of the molecule is CCN1C[C@H]2[C@H](OC)CCN(S(=O)(=O)c3ccccc3)[C@H]2C1. The quantitative estimate of drug-likeness (QED) is 0.840. The molecule has 2 heterocycles. The third-order valence-electron chi connectivity index (χ3n) is 4.99. The van der Waals surface area contributed by atoms with E-state index in [1.807, 2.05) is 6.07 Å². The van der Waals surface area contributed by atoms with Crippen molar-refractivity contribution in [2.45, 2.75) is 30.4 Å². The van der Waals surface area contributed by atoms with Crippen LogP contribution in [0.1, 0.15) is 13.3 Å². The Hall–Kier alpha value is -0.950. The molecule has 0 aliphatic carbocycles. The second kappa shape index (κ2) is 6.28. The molecule has 0 amide bonds. The van der Waals surface area contributed by atoms with Gasteiger partial charge in [0.05, 0.1) is 11.0 Å². The average molecular weight is 324 g/mol. The van der Waals surface area contributed by atoms with Crippen molar-refractivity contribution in [3.05, 3.63) is 30.3 Å². The van der Waals surface area contributed by atoms with Crippen molar-refractivity contribution in [1.82, 2.24) is 9.21 Å². The van der Waals surface area contributed by atoms with Gasteiger partial charge in [0, 0.05) is 38.7 Å². The van der Waals surface area contributed by atoms with Gasteiger partial charge in [-0.2, -0.15) is 4.31 Å². The highest BCUT2D eigenvalue weighted by molar-refractivity contribution is 7.89. The first-order valence-corrected chi connectivity index (χ1v) is 9.34. The summed E-state index contributed by atoms with van der Waals surface area (Å²) in [6, 6.07) is 8.77. The fourth-order valence-corrected chi connectivity index (χ4v) is 5.47. The summed E-state index contributed by atoms with van der Waals surface area (Å²) in [6.07, 6.45) is 0.921. The Balaban J connectivity index is 1.91. The van der Waals surface area contributed by atoms with Crippen LogP contribution in [0.5, 0.6) is 0 Å². The maximum Gasteiger partial charge on any atom is 0.243 e. The van der Waals surface area contributed by atoms with E-state index in [0.717, 1.165) is 26.1 Å². The zero-order valence-corrected chi connectivity index (χ0v) is 14.0. The van der Waals surface area contributed by atoms with E-state index in [1.165, 1.54) is 0 Å². The lowest BCUT2D eigenvalue weighted by Gasteiger charge is -2.40. The van der Waals surface area contributed by atoms with E-state index < -0.39 is 10.0 Å². The van der Waals surface area contributed by atoms with Gasteiger partial charge in [-0.05, 0) is 25.1 Å². The topological polar surface area (TPSA) is 49.9 Å². The molecule has 1 aromatic rings. The number of fused-ring (bicyclic) bond motifs is 1. The summed E-state index contributed by atoms with van der Waals surface area (Å²) in [4.78, 5) is 2.71. The number of sulfonamides is 1. The van der Waals surface area contributed by atoms with E-state index in [-0.39, 0.29) is 18.1 Å². The number of nitrogens with zero attached hydrogens (tertiary/aromatic N) is 2. The normalized spacial score (nSPS) is 30.4. The van der Waals surface area contributed by atoms with E-state index in [0.29, 0.717) is 11.4 Å². The predicted molar refractivity (Wildman–Crippen MR) is 85.1 cm³/mol. The van der Waals surface area contributed by atoms with Crippen LogP contribution in [0.3, 0.4) is 0 Å². The van der Waals surface area contributed by atoms with Crippen molar-refractivity contribution in [3.63, 3.8) is 0 Å². The summed E-state index contributed by atoms with van der Waals surface area (Å²) in [6.45, 7) is 5.32.